The van der Waals surface area contributed by atoms with E-state index in [0.29, 0.717) is 35.1 Å². The van der Waals surface area contributed by atoms with Crippen LogP contribution in [0.5, 0.6) is 11.5 Å². The number of benzene rings is 3. The molecule has 0 saturated heterocycles. The van der Waals surface area contributed by atoms with Crippen LogP contribution in [0.4, 0.5) is 4.39 Å². The smallest absolute Gasteiger partial charge is 0.169 e. The largest absolute Gasteiger partial charge is 0.508 e. The van der Waals surface area contributed by atoms with Crippen molar-refractivity contribution in [3.8, 4) is 11.5 Å². The lowest BCUT2D eigenvalue weighted by Gasteiger charge is -2.13. The van der Waals surface area contributed by atoms with Gasteiger partial charge in [-0.05, 0) is 52.6 Å². The minimum absolute atomic E-state index is 0.0101. The molecule has 0 bridgehead atoms. The van der Waals surface area contributed by atoms with Crippen molar-refractivity contribution in [2.24, 2.45) is 0 Å². The van der Waals surface area contributed by atoms with Gasteiger partial charge in [0.1, 0.15) is 23.9 Å². The fourth-order valence-corrected chi connectivity index (χ4v) is 3.62. The topological polar surface area (TPSA) is 46.5 Å². The Balaban J connectivity index is 1.78. The molecule has 0 spiro atoms. The Morgan fingerprint density at radius 3 is 2.23 bits per heavy atom. The highest BCUT2D eigenvalue weighted by atomic mass is 35.5. The number of carbonyl (C=O) groups excluding carboxylic acids is 1. The van der Waals surface area contributed by atoms with Crippen molar-refractivity contribution in [1.29, 1.82) is 0 Å². The number of hydrogen-bond acceptors (Lipinski definition) is 3. The van der Waals surface area contributed by atoms with Crippen LogP contribution < -0.4 is 4.74 Å². The molecule has 3 nitrogen and oxygen atoms in total. The second-order valence-corrected chi connectivity index (χ2v) is 7.80. The summed E-state index contributed by atoms with van der Waals surface area (Å²) in [6, 6.07) is 14.8. The van der Waals surface area contributed by atoms with E-state index in [1.807, 2.05) is 6.07 Å². The number of Topliss-reactive ketones (excluding diaryl/α,β-unsaturated/α-hetero) is 1. The zero-order valence-corrected chi connectivity index (χ0v) is 17.9. The van der Waals surface area contributed by atoms with Crippen LogP contribution in [-0.4, -0.2) is 17.5 Å². The molecule has 0 saturated carbocycles. The molecular weight excluding hydrogens is 426 g/mol. The molecule has 0 amide bonds. The van der Waals surface area contributed by atoms with Gasteiger partial charge in [-0.3, -0.25) is 4.79 Å². The third-order valence-corrected chi connectivity index (χ3v) is 5.42. The molecule has 3 aromatic rings. The maximum Gasteiger partial charge on any atom is 0.169 e. The van der Waals surface area contributed by atoms with Crippen molar-refractivity contribution in [2.75, 3.05) is 6.61 Å². The first-order valence-electron chi connectivity index (χ1n) is 9.53. The summed E-state index contributed by atoms with van der Waals surface area (Å²) in [4.78, 5) is 11.4. The standard InChI is InChI=1S/C24H21Cl2FO3/c1-2-19(28)14-30-20-12-22(25)21(23(26)13-20)11-16-5-8-24(29)17(10-16)9-15-3-6-18(27)7-4-15/h3-8,10,12-13,29H,2,9,11,14H2,1H3. The molecule has 3 rings (SSSR count). The molecule has 156 valence electrons. The highest BCUT2D eigenvalue weighted by Crippen LogP contribution is 2.33. The van der Waals surface area contributed by atoms with Gasteiger partial charge in [-0.1, -0.05) is 54.4 Å². The minimum atomic E-state index is -0.299. The summed E-state index contributed by atoms with van der Waals surface area (Å²) < 4.78 is 18.6. The highest BCUT2D eigenvalue weighted by Gasteiger charge is 2.13. The molecule has 0 aliphatic heterocycles. The summed E-state index contributed by atoms with van der Waals surface area (Å²) in [6.07, 6.45) is 1.34. The van der Waals surface area contributed by atoms with E-state index in [-0.39, 0.29) is 24.0 Å². The van der Waals surface area contributed by atoms with Crippen molar-refractivity contribution in [1.82, 2.24) is 0 Å². The zero-order chi connectivity index (χ0) is 21.7. The van der Waals surface area contributed by atoms with Gasteiger partial charge in [0.15, 0.2) is 5.78 Å². The molecule has 0 aromatic heterocycles. The lowest BCUT2D eigenvalue weighted by Crippen LogP contribution is -2.09. The maximum absolute atomic E-state index is 13.1. The van der Waals surface area contributed by atoms with Gasteiger partial charge in [-0.25, -0.2) is 4.39 Å². The first-order valence-corrected chi connectivity index (χ1v) is 10.3. The Morgan fingerprint density at radius 2 is 1.60 bits per heavy atom. The second kappa shape index (κ2) is 9.96. The van der Waals surface area contributed by atoms with Crippen LogP contribution in [-0.2, 0) is 17.6 Å². The van der Waals surface area contributed by atoms with Crippen molar-refractivity contribution in [3.63, 3.8) is 0 Å². The summed E-state index contributed by atoms with van der Waals surface area (Å²) >= 11 is 12.8. The predicted octanol–water partition coefficient (Wildman–Crippen LogP) is 6.38. The quantitative estimate of drug-likeness (QED) is 0.436. The molecule has 30 heavy (non-hydrogen) atoms. The van der Waals surface area contributed by atoms with Crippen LogP contribution in [0.25, 0.3) is 0 Å². The van der Waals surface area contributed by atoms with Gasteiger partial charge >= 0.3 is 0 Å². The first-order chi connectivity index (χ1) is 14.4. The summed E-state index contributed by atoms with van der Waals surface area (Å²) in [5.41, 5.74) is 3.27. The molecule has 0 aliphatic carbocycles. The van der Waals surface area contributed by atoms with Crippen LogP contribution in [0.2, 0.25) is 10.0 Å². The Labute approximate surface area is 185 Å². The number of rotatable bonds is 8. The van der Waals surface area contributed by atoms with Crippen LogP contribution in [0.3, 0.4) is 0 Å². The predicted molar refractivity (Wildman–Crippen MR) is 117 cm³/mol. The number of halogens is 3. The van der Waals surface area contributed by atoms with E-state index in [4.69, 9.17) is 27.9 Å². The Morgan fingerprint density at radius 1 is 0.967 bits per heavy atom. The maximum atomic E-state index is 13.1. The van der Waals surface area contributed by atoms with Gasteiger partial charge in [-0.15, -0.1) is 0 Å². The molecule has 3 aromatic carbocycles. The number of ketones is 1. The lowest BCUT2D eigenvalue weighted by molar-refractivity contribution is -0.120. The van der Waals surface area contributed by atoms with Gasteiger partial charge in [0.2, 0.25) is 0 Å². The third kappa shape index (κ3) is 5.74. The minimum Gasteiger partial charge on any atom is -0.508 e. The van der Waals surface area contributed by atoms with E-state index in [1.54, 1.807) is 43.3 Å². The van der Waals surface area contributed by atoms with Gasteiger partial charge < -0.3 is 9.84 Å². The van der Waals surface area contributed by atoms with Crippen molar-refractivity contribution in [2.45, 2.75) is 26.2 Å². The van der Waals surface area contributed by atoms with E-state index in [2.05, 4.69) is 0 Å². The Kier molecular flexibility index (Phi) is 7.35. The Bertz CT molecular complexity index is 1030. The molecular formula is C24H21Cl2FO3. The number of phenols is 1. The molecule has 0 atom stereocenters. The second-order valence-electron chi connectivity index (χ2n) is 6.99. The monoisotopic (exact) mass is 446 g/mol. The van der Waals surface area contributed by atoms with Gasteiger partial charge in [0.25, 0.3) is 0 Å². The summed E-state index contributed by atoms with van der Waals surface area (Å²) in [6.45, 7) is 1.75. The molecule has 0 fully saturated rings. The van der Waals surface area contributed by atoms with E-state index in [9.17, 15) is 14.3 Å². The number of carbonyl (C=O) groups is 1. The molecule has 0 radical (unpaired) electrons. The average molecular weight is 447 g/mol. The molecule has 0 heterocycles. The number of ether oxygens (including phenoxy) is 1. The van der Waals surface area contributed by atoms with Crippen molar-refractivity contribution >= 4 is 29.0 Å². The average Bonchev–Trinajstić information content (AvgIpc) is 2.72. The van der Waals surface area contributed by atoms with Gasteiger partial charge in [-0.2, -0.15) is 0 Å². The van der Waals surface area contributed by atoms with Crippen LogP contribution in [0.1, 0.15) is 35.6 Å². The lowest BCUT2D eigenvalue weighted by atomic mass is 9.98. The molecule has 0 aliphatic rings. The van der Waals surface area contributed by atoms with Crippen molar-refractivity contribution < 1.29 is 19.0 Å². The Hall–Kier alpha value is -2.56. The fourth-order valence-electron chi connectivity index (χ4n) is 3.01. The van der Waals surface area contributed by atoms with Crippen molar-refractivity contribution in [3.05, 3.63) is 92.7 Å². The number of hydrogen-bond donors (Lipinski definition) is 1. The van der Waals surface area contributed by atoms with E-state index >= 15 is 0 Å². The number of phenolic OH excluding ortho intramolecular Hbond substituents is 1. The summed E-state index contributed by atoms with van der Waals surface area (Å²) in [5.74, 6) is 0.305. The van der Waals surface area contributed by atoms with Crippen LogP contribution in [0, 0.1) is 5.82 Å². The SMILES string of the molecule is CCC(=O)COc1cc(Cl)c(Cc2ccc(O)c(Cc3ccc(F)cc3)c2)c(Cl)c1. The summed E-state index contributed by atoms with van der Waals surface area (Å²) in [7, 11) is 0. The number of aromatic hydroxyl groups is 1. The molecule has 6 heteroatoms. The highest BCUT2D eigenvalue weighted by molar-refractivity contribution is 6.36. The first kappa shape index (κ1) is 22.1. The zero-order valence-electron chi connectivity index (χ0n) is 16.4. The van der Waals surface area contributed by atoms with E-state index in [1.165, 1.54) is 12.1 Å². The normalized spacial score (nSPS) is 10.8. The van der Waals surface area contributed by atoms with Crippen LogP contribution >= 0.6 is 23.2 Å². The van der Waals surface area contributed by atoms with Crippen LogP contribution in [0.15, 0.2) is 54.6 Å². The van der Waals surface area contributed by atoms with E-state index in [0.717, 1.165) is 22.3 Å². The third-order valence-electron chi connectivity index (χ3n) is 4.74. The van der Waals surface area contributed by atoms with E-state index < -0.39 is 0 Å². The summed E-state index contributed by atoms with van der Waals surface area (Å²) in [5, 5.41) is 11.1. The molecule has 1 N–H and O–H groups in total. The van der Waals surface area contributed by atoms with Gasteiger partial charge in [0, 0.05) is 29.3 Å². The molecule has 0 unspecified atom stereocenters. The van der Waals surface area contributed by atoms with Gasteiger partial charge in [0.05, 0.1) is 0 Å². The fraction of sp³-hybridized carbons (Fsp3) is 0.208.